The van der Waals surface area contributed by atoms with Crippen molar-refractivity contribution in [3.63, 3.8) is 0 Å². The summed E-state index contributed by atoms with van der Waals surface area (Å²) in [6.45, 7) is 5.73. The van der Waals surface area contributed by atoms with E-state index in [1.807, 2.05) is 25.1 Å². The first-order valence-corrected chi connectivity index (χ1v) is 8.82. The number of aryl methyl sites for hydroxylation is 1. The number of aromatic amines is 1. The minimum Gasteiger partial charge on any atom is -0.462 e. The Morgan fingerprint density at radius 1 is 1.30 bits per heavy atom. The lowest BCUT2D eigenvalue weighted by molar-refractivity contribution is 0.0525. The average molecular weight is 375 g/mol. The summed E-state index contributed by atoms with van der Waals surface area (Å²) in [4.78, 5) is 29.6. The van der Waals surface area contributed by atoms with Gasteiger partial charge in [-0.25, -0.2) is 9.18 Å². The fraction of sp³-hybridized carbons (Fsp3) is 0.400. The van der Waals surface area contributed by atoms with Crippen molar-refractivity contribution in [2.45, 2.75) is 26.8 Å². The predicted octanol–water partition coefficient (Wildman–Crippen LogP) is 2.98. The summed E-state index contributed by atoms with van der Waals surface area (Å²) in [5, 5.41) is 2.86. The van der Waals surface area contributed by atoms with E-state index in [-0.39, 0.29) is 24.4 Å². The van der Waals surface area contributed by atoms with E-state index in [0.29, 0.717) is 29.1 Å². The van der Waals surface area contributed by atoms with Gasteiger partial charge in [0.05, 0.1) is 18.2 Å². The van der Waals surface area contributed by atoms with Crippen LogP contribution in [0.3, 0.4) is 0 Å². The van der Waals surface area contributed by atoms with Gasteiger partial charge in [-0.1, -0.05) is 12.1 Å². The van der Waals surface area contributed by atoms with E-state index >= 15 is 0 Å². The molecule has 0 radical (unpaired) electrons. The number of nitrogens with one attached hydrogen (secondary N) is 2. The van der Waals surface area contributed by atoms with Crippen LogP contribution in [0.15, 0.2) is 24.3 Å². The predicted molar refractivity (Wildman–Crippen MR) is 101 cm³/mol. The molecular formula is C20H26FN3O3. The van der Waals surface area contributed by atoms with Crippen LogP contribution in [-0.4, -0.2) is 49.0 Å². The van der Waals surface area contributed by atoms with Gasteiger partial charge in [-0.05, 0) is 58.1 Å². The second kappa shape index (κ2) is 8.81. The Balaban J connectivity index is 2.17. The molecule has 0 bridgehead atoms. The first-order valence-electron chi connectivity index (χ1n) is 8.82. The Hall–Kier alpha value is -2.67. The van der Waals surface area contributed by atoms with Crippen molar-refractivity contribution in [1.29, 1.82) is 0 Å². The van der Waals surface area contributed by atoms with Gasteiger partial charge < -0.3 is 19.9 Å². The number of ether oxygens (including phenoxy) is 1. The number of hydrogen-bond donors (Lipinski definition) is 2. The lowest BCUT2D eigenvalue weighted by atomic mass is 10.1. The first-order chi connectivity index (χ1) is 12.8. The molecule has 0 saturated heterocycles. The molecule has 0 fully saturated rings. The number of aromatic nitrogens is 1. The van der Waals surface area contributed by atoms with Crippen LogP contribution < -0.4 is 5.32 Å². The van der Waals surface area contributed by atoms with Gasteiger partial charge >= 0.3 is 5.97 Å². The number of carbonyl (C=O) groups is 2. The number of nitrogens with zero attached hydrogens (tertiary/aromatic N) is 1. The zero-order valence-electron chi connectivity index (χ0n) is 16.4. The third-order valence-electron chi connectivity index (χ3n) is 4.46. The lowest BCUT2D eigenvalue weighted by Crippen LogP contribution is -2.35. The molecule has 0 aliphatic carbocycles. The van der Waals surface area contributed by atoms with Crippen LogP contribution in [0.2, 0.25) is 0 Å². The Morgan fingerprint density at radius 3 is 2.59 bits per heavy atom. The Labute approximate surface area is 158 Å². The molecule has 1 aromatic heterocycles. The van der Waals surface area contributed by atoms with Gasteiger partial charge in [0.15, 0.2) is 0 Å². The largest absolute Gasteiger partial charge is 0.462 e. The molecule has 2 aromatic rings. The molecule has 2 N–H and O–H groups in total. The summed E-state index contributed by atoms with van der Waals surface area (Å²) in [6, 6.07) is 6.12. The Kier molecular flexibility index (Phi) is 6.74. The van der Waals surface area contributed by atoms with Crippen molar-refractivity contribution in [2.24, 2.45) is 0 Å². The summed E-state index contributed by atoms with van der Waals surface area (Å²) in [6.07, 6.45) is 0. The number of esters is 1. The molecule has 1 unspecified atom stereocenters. The molecule has 0 aliphatic heterocycles. The van der Waals surface area contributed by atoms with Gasteiger partial charge in [-0.2, -0.15) is 0 Å². The molecule has 2 rings (SSSR count). The maximum Gasteiger partial charge on any atom is 0.340 e. The van der Waals surface area contributed by atoms with Crippen molar-refractivity contribution in [3.8, 4) is 0 Å². The maximum absolute atomic E-state index is 13.5. The van der Waals surface area contributed by atoms with Gasteiger partial charge in [-0.3, -0.25) is 4.79 Å². The highest BCUT2D eigenvalue weighted by Crippen LogP contribution is 2.21. The molecule has 0 spiro atoms. The number of carbonyl (C=O) groups excluding carboxylic acids is 2. The summed E-state index contributed by atoms with van der Waals surface area (Å²) < 4.78 is 18.6. The van der Waals surface area contributed by atoms with Gasteiger partial charge in [-0.15, -0.1) is 0 Å². The molecule has 1 aromatic carbocycles. The third-order valence-corrected chi connectivity index (χ3v) is 4.46. The maximum atomic E-state index is 13.5. The number of halogens is 1. The van der Waals surface area contributed by atoms with E-state index < -0.39 is 5.97 Å². The van der Waals surface area contributed by atoms with Crippen LogP contribution in [0, 0.1) is 19.7 Å². The number of rotatable bonds is 7. The zero-order valence-corrected chi connectivity index (χ0v) is 16.4. The smallest absolute Gasteiger partial charge is 0.340 e. The number of H-pyrrole nitrogens is 1. The van der Waals surface area contributed by atoms with Crippen molar-refractivity contribution >= 4 is 11.9 Å². The van der Waals surface area contributed by atoms with E-state index in [2.05, 4.69) is 10.3 Å². The topological polar surface area (TPSA) is 74.4 Å². The van der Waals surface area contributed by atoms with Crippen molar-refractivity contribution < 1.29 is 18.7 Å². The highest BCUT2D eigenvalue weighted by Gasteiger charge is 2.24. The first kappa shape index (κ1) is 20.6. The normalized spacial score (nSPS) is 12.1. The van der Waals surface area contributed by atoms with Gasteiger partial charge in [0, 0.05) is 12.2 Å². The summed E-state index contributed by atoms with van der Waals surface area (Å²) in [5.41, 5.74) is 2.62. The number of benzene rings is 1. The lowest BCUT2D eigenvalue weighted by Gasteiger charge is -2.25. The number of amides is 1. The second-order valence-corrected chi connectivity index (χ2v) is 6.59. The molecule has 7 heteroatoms. The van der Waals surface area contributed by atoms with Crippen molar-refractivity contribution in [1.82, 2.24) is 15.2 Å². The fourth-order valence-electron chi connectivity index (χ4n) is 3.08. The van der Waals surface area contributed by atoms with E-state index in [1.165, 1.54) is 12.1 Å². The third kappa shape index (κ3) is 4.74. The molecule has 1 atom stereocenters. The molecule has 146 valence electrons. The molecule has 1 amide bonds. The second-order valence-electron chi connectivity index (χ2n) is 6.59. The minimum absolute atomic E-state index is 0.189. The average Bonchev–Trinajstić information content (AvgIpc) is 2.89. The van der Waals surface area contributed by atoms with Crippen LogP contribution in [-0.2, 0) is 4.74 Å². The van der Waals surface area contributed by atoms with Crippen LogP contribution in [0.4, 0.5) is 4.39 Å². The van der Waals surface area contributed by atoms with Crippen LogP contribution in [0.1, 0.15) is 50.6 Å². The Morgan fingerprint density at radius 2 is 2.00 bits per heavy atom. The minimum atomic E-state index is -0.450. The van der Waals surface area contributed by atoms with Crippen LogP contribution in [0.5, 0.6) is 0 Å². The van der Waals surface area contributed by atoms with E-state index in [9.17, 15) is 14.0 Å². The number of likely N-dealkylation sites (N-methyl/N-ethyl adjacent to an activating group) is 1. The fourth-order valence-corrected chi connectivity index (χ4v) is 3.08. The van der Waals surface area contributed by atoms with E-state index in [1.54, 1.807) is 26.8 Å². The van der Waals surface area contributed by atoms with Gasteiger partial charge in [0.1, 0.15) is 11.5 Å². The molecule has 6 nitrogen and oxygen atoms in total. The molecule has 0 aliphatic rings. The highest BCUT2D eigenvalue weighted by molar-refractivity contribution is 6.00. The van der Waals surface area contributed by atoms with E-state index in [4.69, 9.17) is 4.74 Å². The molecular weight excluding hydrogens is 349 g/mol. The van der Waals surface area contributed by atoms with Gasteiger partial charge in [0.2, 0.25) is 0 Å². The highest BCUT2D eigenvalue weighted by atomic mass is 19.1. The summed E-state index contributed by atoms with van der Waals surface area (Å²) in [7, 11) is 3.73. The molecule has 27 heavy (non-hydrogen) atoms. The van der Waals surface area contributed by atoms with Crippen LogP contribution >= 0.6 is 0 Å². The zero-order chi connectivity index (χ0) is 20.1. The quantitative estimate of drug-likeness (QED) is 0.730. The molecule has 0 saturated carbocycles. The standard InChI is InChI=1S/C20H26FN3O3/c1-6-27-20(26)17-12(2)18(23-13(17)3)19(25)22-11-16(24(4)5)14-8-7-9-15(21)10-14/h7-10,16,23H,6,11H2,1-5H3,(H,22,25). The Bertz CT molecular complexity index is 830. The van der Waals surface area contributed by atoms with Crippen molar-refractivity contribution in [3.05, 3.63) is 58.2 Å². The SMILES string of the molecule is CCOC(=O)c1c(C)[nH]c(C(=O)NCC(c2cccc(F)c2)N(C)C)c1C. The summed E-state index contributed by atoms with van der Waals surface area (Å²) in [5.74, 6) is -1.09. The van der Waals surface area contributed by atoms with E-state index in [0.717, 1.165) is 5.56 Å². The van der Waals surface area contributed by atoms with Crippen LogP contribution in [0.25, 0.3) is 0 Å². The molecule has 1 heterocycles. The monoisotopic (exact) mass is 375 g/mol. The summed E-state index contributed by atoms with van der Waals surface area (Å²) >= 11 is 0. The van der Waals surface area contributed by atoms with Crippen molar-refractivity contribution in [2.75, 3.05) is 27.2 Å². The number of hydrogen-bond acceptors (Lipinski definition) is 4. The van der Waals surface area contributed by atoms with Gasteiger partial charge in [0.25, 0.3) is 5.91 Å².